The number of nitrogens with zero attached hydrogens (tertiary/aromatic N) is 2. The molecule has 0 atom stereocenters. The van der Waals surface area contributed by atoms with Crippen molar-refractivity contribution < 1.29 is 0 Å². The minimum atomic E-state index is 1.17. The normalized spacial score (nSPS) is 11.2. The van der Waals surface area contributed by atoms with Crippen molar-refractivity contribution in [3.63, 3.8) is 0 Å². The molecule has 6 aromatic carbocycles. The second-order valence-electron chi connectivity index (χ2n) is 9.94. The van der Waals surface area contributed by atoms with Gasteiger partial charge in [-0.15, -0.1) is 0 Å². The van der Waals surface area contributed by atoms with Crippen LogP contribution in [0.2, 0.25) is 0 Å². The lowest BCUT2D eigenvalue weighted by Crippen LogP contribution is -2.08. The van der Waals surface area contributed by atoms with Gasteiger partial charge in [0.15, 0.2) is 0 Å². The Morgan fingerprint density at radius 2 is 0.923 bits per heavy atom. The van der Waals surface area contributed by atoms with E-state index in [0.717, 1.165) is 0 Å². The summed E-state index contributed by atoms with van der Waals surface area (Å²) in [5.41, 5.74) is 10.8. The lowest BCUT2D eigenvalue weighted by Gasteiger charge is -2.19. The molecule has 39 heavy (non-hydrogen) atoms. The molecular weight excluding hydrogens is 472 g/mol. The molecule has 0 saturated heterocycles. The van der Waals surface area contributed by atoms with Crippen molar-refractivity contribution in [2.75, 3.05) is 11.9 Å². The summed E-state index contributed by atoms with van der Waals surface area (Å²) in [5, 5.41) is 2.53. The second-order valence-corrected chi connectivity index (χ2v) is 9.94. The van der Waals surface area contributed by atoms with Gasteiger partial charge < -0.3 is 9.47 Å². The van der Waals surface area contributed by atoms with Crippen LogP contribution in [0.5, 0.6) is 0 Å². The molecule has 2 heteroatoms. The fourth-order valence-corrected chi connectivity index (χ4v) is 5.54. The first-order valence-corrected chi connectivity index (χ1v) is 13.3. The number of aromatic nitrogens is 1. The lowest BCUT2D eigenvalue weighted by atomic mass is 10.0. The summed E-state index contributed by atoms with van der Waals surface area (Å²) in [7, 11) is 2.11. The summed E-state index contributed by atoms with van der Waals surface area (Å²) in [6, 6.07) is 54.3. The molecule has 0 aliphatic heterocycles. The summed E-state index contributed by atoms with van der Waals surface area (Å²) >= 11 is 0. The van der Waals surface area contributed by atoms with Crippen LogP contribution in [-0.2, 0) is 0 Å². The Hall–Kier alpha value is -5.08. The molecule has 1 aromatic heterocycles. The third-order valence-electron chi connectivity index (χ3n) is 7.64. The fourth-order valence-electron chi connectivity index (χ4n) is 5.54. The number of anilines is 2. The van der Waals surface area contributed by atoms with E-state index in [4.69, 9.17) is 0 Å². The topological polar surface area (TPSA) is 8.17 Å². The van der Waals surface area contributed by atoms with Crippen LogP contribution in [0.4, 0.5) is 11.4 Å². The van der Waals surface area contributed by atoms with Crippen molar-refractivity contribution in [2.45, 2.75) is 0 Å². The van der Waals surface area contributed by atoms with Gasteiger partial charge in [-0.3, -0.25) is 0 Å². The molecule has 0 aliphatic carbocycles. The van der Waals surface area contributed by atoms with Gasteiger partial charge in [-0.25, -0.2) is 0 Å². The van der Waals surface area contributed by atoms with E-state index in [1.54, 1.807) is 0 Å². The first-order valence-electron chi connectivity index (χ1n) is 13.3. The monoisotopic (exact) mass is 500 g/mol. The van der Waals surface area contributed by atoms with Crippen molar-refractivity contribution >= 4 is 33.2 Å². The predicted octanol–water partition coefficient (Wildman–Crippen LogP) is 9.89. The fraction of sp³-hybridized carbons (Fsp3) is 0.0270. The number of rotatable bonds is 5. The Morgan fingerprint density at radius 1 is 0.410 bits per heavy atom. The van der Waals surface area contributed by atoms with Crippen LogP contribution in [0.1, 0.15) is 0 Å². The summed E-state index contributed by atoms with van der Waals surface area (Å²) in [4.78, 5) is 2.21. The molecule has 0 radical (unpaired) electrons. The van der Waals surface area contributed by atoms with Gasteiger partial charge in [0.05, 0.1) is 11.0 Å². The molecule has 186 valence electrons. The van der Waals surface area contributed by atoms with Crippen molar-refractivity contribution in [1.82, 2.24) is 4.57 Å². The van der Waals surface area contributed by atoms with Crippen LogP contribution >= 0.6 is 0 Å². The number of fused-ring (bicyclic) bond motifs is 3. The zero-order chi connectivity index (χ0) is 26.2. The summed E-state index contributed by atoms with van der Waals surface area (Å²) in [5.74, 6) is 0. The number of hydrogen-bond acceptors (Lipinski definition) is 1. The maximum absolute atomic E-state index is 2.38. The van der Waals surface area contributed by atoms with Crippen LogP contribution in [-0.4, -0.2) is 11.6 Å². The Morgan fingerprint density at radius 3 is 1.67 bits per heavy atom. The van der Waals surface area contributed by atoms with Gasteiger partial charge in [0.25, 0.3) is 0 Å². The van der Waals surface area contributed by atoms with Gasteiger partial charge in [-0.2, -0.15) is 0 Å². The Bertz CT molecular complexity index is 1880. The lowest BCUT2D eigenvalue weighted by molar-refractivity contribution is 1.18. The predicted molar refractivity (Wildman–Crippen MR) is 166 cm³/mol. The Labute approximate surface area is 229 Å². The molecule has 0 N–H and O–H groups in total. The summed E-state index contributed by atoms with van der Waals surface area (Å²) < 4.78 is 2.38. The molecular formula is C37H28N2. The largest absolute Gasteiger partial charge is 0.345 e. The first kappa shape index (κ1) is 23.1. The zero-order valence-electron chi connectivity index (χ0n) is 21.8. The quantitative estimate of drug-likeness (QED) is 0.228. The molecule has 1 heterocycles. The van der Waals surface area contributed by atoms with Gasteiger partial charge in [0.1, 0.15) is 0 Å². The van der Waals surface area contributed by atoms with Crippen molar-refractivity contribution in [2.24, 2.45) is 0 Å². The smallest absolute Gasteiger partial charge is 0.0541 e. The summed E-state index contributed by atoms with van der Waals surface area (Å²) in [6.07, 6.45) is 0. The van der Waals surface area contributed by atoms with E-state index in [2.05, 4.69) is 162 Å². The third kappa shape index (κ3) is 4.17. The molecule has 7 rings (SSSR count). The average Bonchev–Trinajstić information content (AvgIpc) is 3.35. The maximum Gasteiger partial charge on any atom is 0.0541 e. The molecule has 0 unspecified atom stereocenters. The van der Waals surface area contributed by atoms with E-state index in [0.29, 0.717) is 0 Å². The van der Waals surface area contributed by atoms with Gasteiger partial charge >= 0.3 is 0 Å². The van der Waals surface area contributed by atoms with E-state index in [9.17, 15) is 0 Å². The average molecular weight is 501 g/mol. The number of hydrogen-bond donors (Lipinski definition) is 0. The Balaban J connectivity index is 1.28. The highest BCUT2D eigenvalue weighted by Crippen LogP contribution is 2.36. The molecule has 0 bridgehead atoms. The van der Waals surface area contributed by atoms with Gasteiger partial charge in [0.2, 0.25) is 0 Å². The molecule has 0 fully saturated rings. The summed E-state index contributed by atoms with van der Waals surface area (Å²) in [6.45, 7) is 0. The minimum Gasteiger partial charge on any atom is -0.345 e. The van der Waals surface area contributed by atoms with E-state index >= 15 is 0 Å². The van der Waals surface area contributed by atoms with E-state index in [1.165, 1.54) is 61.1 Å². The second kappa shape index (κ2) is 9.66. The van der Waals surface area contributed by atoms with E-state index in [-0.39, 0.29) is 0 Å². The molecule has 0 saturated carbocycles. The van der Waals surface area contributed by atoms with Crippen LogP contribution in [0, 0.1) is 0 Å². The van der Waals surface area contributed by atoms with Gasteiger partial charge in [-0.05, 0) is 76.9 Å². The maximum atomic E-state index is 2.38. The third-order valence-corrected chi connectivity index (χ3v) is 7.64. The van der Waals surface area contributed by atoms with E-state index in [1.807, 2.05) is 6.07 Å². The Kier molecular flexibility index (Phi) is 5.71. The molecule has 0 amide bonds. The van der Waals surface area contributed by atoms with Gasteiger partial charge in [0, 0.05) is 34.9 Å². The van der Waals surface area contributed by atoms with Crippen LogP contribution in [0.3, 0.4) is 0 Å². The van der Waals surface area contributed by atoms with Crippen molar-refractivity contribution in [3.8, 4) is 27.9 Å². The van der Waals surface area contributed by atoms with Crippen LogP contribution < -0.4 is 4.90 Å². The minimum absolute atomic E-state index is 1.17. The van der Waals surface area contributed by atoms with Crippen LogP contribution in [0.25, 0.3) is 49.7 Å². The molecule has 7 aromatic rings. The standard InChI is InChI=1S/C37H28N2/c1-38(31-12-6-3-7-13-31)32-21-16-29(17-22-32)30-20-25-37-35(26-30)34-14-8-9-15-36(34)39(37)33-23-18-28(19-24-33)27-10-4-2-5-11-27/h2-26H,1H3. The van der Waals surface area contributed by atoms with Crippen LogP contribution in [0.15, 0.2) is 152 Å². The zero-order valence-corrected chi connectivity index (χ0v) is 21.8. The van der Waals surface area contributed by atoms with Crippen molar-refractivity contribution in [1.29, 1.82) is 0 Å². The number of benzene rings is 6. The number of para-hydroxylation sites is 2. The SMILES string of the molecule is CN(c1ccccc1)c1ccc(-c2ccc3c(c2)c2ccccc2n3-c2ccc(-c3ccccc3)cc2)cc1. The highest BCUT2D eigenvalue weighted by atomic mass is 15.1. The van der Waals surface area contributed by atoms with E-state index < -0.39 is 0 Å². The first-order chi connectivity index (χ1) is 19.3. The van der Waals surface area contributed by atoms with Gasteiger partial charge in [-0.1, -0.05) is 97.1 Å². The highest BCUT2D eigenvalue weighted by molar-refractivity contribution is 6.10. The molecule has 0 aliphatic rings. The molecule has 0 spiro atoms. The highest BCUT2D eigenvalue weighted by Gasteiger charge is 2.13. The van der Waals surface area contributed by atoms with Crippen molar-refractivity contribution in [3.05, 3.63) is 152 Å². The molecule has 2 nitrogen and oxygen atoms in total.